The van der Waals surface area contributed by atoms with Crippen molar-refractivity contribution in [3.8, 4) is 0 Å². The summed E-state index contributed by atoms with van der Waals surface area (Å²) in [5, 5.41) is 5.50. The van der Waals surface area contributed by atoms with Crippen LogP contribution in [0.15, 0.2) is 36.7 Å². The smallest absolute Gasteiger partial charge is 0.314 e. The van der Waals surface area contributed by atoms with E-state index in [2.05, 4.69) is 20.6 Å². The fraction of sp³-hybridized carbons (Fsp3) is 0.118. The van der Waals surface area contributed by atoms with Gasteiger partial charge in [-0.25, -0.2) is 4.98 Å². The number of H-pyrrole nitrogens is 1. The van der Waals surface area contributed by atoms with E-state index in [0.717, 1.165) is 22.2 Å². The lowest BCUT2D eigenvalue weighted by Gasteiger charge is -2.11. The van der Waals surface area contributed by atoms with Gasteiger partial charge in [0.2, 0.25) is 0 Å². The minimum absolute atomic E-state index is 0.396. The number of anilines is 2. The molecule has 0 aliphatic heterocycles. The molecule has 0 saturated carbocycles. The zero-order valence-corrected chi connectivity index (χ0v) is 13.9. The summed E-state index contributed by atoms with van der Waals surface area (Å²) in [6, 6.07) is 8.75. The van der Waals surface area contributed by atoms with Crippen molar-refractivity contribution in [3.63, 3.8) is 0 Å². The van der Waals surface area contributed by atoms with Gasteiger partial charge in [0.15, 0.2) is 0 Å². The standard InChI is InChI=1S/C17H15ClN4O2/c1-9-5-10(2)15(12(18)6-9)22-17(24)16(23)21-11-3-4-13-14(7-11)20-8-19-13/h3-8H,1-2H3,(H,19,20)(H,21,23)(H,22,24). The molecule has 0 atom stereocenters. The maximum Gasteiger partial charge on any atom is 0.314 e. The van der Waals surface area contributed by atoms with Crippen molar-refractivity contribution >= 4 is 45.8 Å². The van der Waals surface area contributed by atoms with Gasteiger partial charge in [-0.2, -0.15) is 0 Å². The van der Waals surface area contributed by atoms with E-state index in [1.54, 1.807) is 30.6 Å². The number of rotatable bonds is 2. The average molecular weight is 343 g/mol. The van der Waals surface area contributed by atoms with E-state index in [4.69, 9.17) is 11.6 Å². The van der Waals surface area contributed by atoms with E-state index >= 15 is 0 Å². The highest BCUT2D eigenvalue weighted by atomic mass is 35.5. The molecule has 1 aromatic heterocycles. The van der Waals surface area contributed by atoms with E-state index in [9.17, 15) is 9.59 Å². The maximum atomic E-state index is 12.1. The van der Waals surface area contributed by atoms with Crippen LogP contribution in [-0.4, -0.2) is 21.8 Å². The summed E-state index contributed by atoms with van der Waals surface area (Å²) in [6.45, 7) is 3.72. The van der Waals surface area contributed by atoms with Crippen LogP contribution in [0.5, 0.6) is 0 Å². The summed E-state index contributed by atoms with van der Waals surface area (Å²) in [6.07, 6.45) is 1.56. The van der Waals surface area contributed by atoms with Crippen molar-refractivity contribution in [1.82, 2.24) is 9.97 Å². The van der Waals surface area contributed by atoms with Crippen LogP contribution in [0.2, 0.25) is 5.02 Å². The highest BCUT2D eigenvalue weighted by Gasteiger charge is 2.17. The van der Waals surface area contributed by atoms with Crippen LogP contribution in [0.4, 0.5) is 11.4 Å². The Morgan fingerprint density at radius 2 is 1.83 bits per heavy atom. The first-order chi connectivity index (χ1) is 11.4. The zero-order chi connectivity index (χ0) is 17.3. The number of aryl methyl sites for hydroxylation is 2. The van der Waals surface area contributed by atoms with Gasteiger partial charge in [-0.3, -0.25) is 9.59 Å². The van der Waals surface area contributed by atoms with Gasteiger partial charge in [0, 0.05) is 5.69 Å². The third-order valence-corrected chi connectivity index (χ3v) is 3.85. The third-order valence-electron chi connectivity index (χ3n) is 3.55. The van der Waals surface area contributed by atoms with Crippen molar-refractivity contribution in [2.75, 3.05) is 10.6 Å². The number of carbonyl (C=O) groups excluding carboxylic acids is 2. The van der Waals surface area contributed by atoms with E-state index in [-0.39, 0.29) is 0 Å². The van der Waals surface area contributed by atoms with Crippen LogP contribution in [0, 0.1) is 13.8 Å². The van der Waals surface area contributed by atoms with Gasteiger partial charge >= 0.3 is 11.8 Å². The molecule has 0 saturated heterocycles. The Morgan fingerprint density at radius 3 is 2.58 bits per heavy atom. The Kier molecular flexibility index (Phi) is 4.22. The van der Waals surface area contributed by atoms with E-state index < -0.39 is 11.8 Å². The first kappa shape index (κ1) is 16.0. The fourth-order valence-corrected chi connectivity index (χ4v) is 2.81. The number of amides is 2. The topological polar surface area (TPSA) is 86.9 Å². The normalized spacial score (nSPS) is 10.6. The largest absolute Gasteiger partial charge is 0.345 e. The number of aromatic nitrogens is 2. The minimum Gasteiger partial charge on any atom is -0.345 e. The van der Waals surface area contributed by atoms with Crippen LogP contribution in [-0.2, 0) is 9.59 Å². The van der Waals surface area contributed by atoms with E-state index in [1.807, 2.05) is 19.9 Å². The Morgan fingerprint density at radius 1 is 1.08 bits per heavy atom. The number of carbonyl (C=O) groups is 2. The number of halogens is 1. The molecule has 0 radical (unpaired) electrons. The molecule has 2 amide bonds. The first-order valence-electron chi connectivity index (χ1n) is 7.26. The Hall–Kier alpha value is -2.86. The molecule has 7 heteroatoms. The molecule has 0 bridgehead atoms. The number of benzene rings is 2. The number of nitrogens with zero attached hydrogens (tertiary/aromatic N) is 1. The summed E-state index contributed by atoms with van der Waals surface area (Å²) < 4.78 is 0. The lowest BCUT2D eigenvalue weighted by molar-refractivity contribution is -0.133. The van der Waals surface area contributed by atoms with Gasteiger partial charge in [0.05, 0.1) is 28.1 Å². The second kappa shape index (κ2) is 6.33. The molecule has 0 unspecified atom stereocenters. The second-order valence-electron chi connectivity index (χ2n) is 5.48. The molecule has 6 nitrogen and oxygen atoms in total. The summed E-state index contributed by atoms with van der Waals surface area (Å²) in [7, 11) is 0. The molecule has 0 aliphatic carbocycles. The SMILES string of the molecule is Cc1cc(C)c(NC(=O)C(=O)Nc2ccc3nc[nH]c3c2)c(Cl)c1. The molecule has 0 fully saturated rings. The highest BCUT2D eigenvalue weighted by molar-refractivity contribution is 6.45. The number of hydrogen-bond donors (Lipinski definition) is 3. The van der Waals surface area contributed by atoms with Crippen LogP contribution < -0.4 is 10.6 Å². The summed E-state index contributed by atoms with van der Waals surface area (Å²) in [5.74, 6) is -1.56. The van der Waals surface area contributed by atoms with E-state index in [0.29, 0.717) is 16.4 Å². The predicted octanol–water partition coefficient (Wildman–Crippen LogP) is 3.41. The summed E-state index contributed by atoms with van der Waals surface area (Å²) in [5.41, 5.74) is 4.25. The Bertz CT molecular complexity index is 926. The van der Waals surface area contributed by atoms with Crippen molar-refractivity contribution in [1.29, 1.82) is 0 Å². The van der Waals surface area contributed by atoms with E-state index in [1.165, 1.54) is 0 Å². The molecular formula is C17H15ClN4O2. The van der Waals surface area contributed by atoms with Crippen LogP contribution in [0.3, 0.4) is 0 Å². The predicted molar refractivity (Wildman–Crippen MR) is 94.3 cm³/mol. The Balaban J connectivity index is 1.74. The number of imidazole rings is 1. The van der Waals surface area contributed by atoms with Gasteiger partial charge in [0.1, 0.15) is 0 Å². The van der Waals surface area contributed by atoms with Crippen LogP contribution >= 0.6 is 11.6 Å². The molecule has 122 valence electrons. The molecule has 24 heavy (non-hydrogen) atoms. The first-order valence-corrected chi connectivity index (χ1v) is 7.64. The molecule has 3 aromatic rings. The molecule has 3 N–H and O–H groups in total. The van der Waals surface area contributed by atoms with Crippen LogP contribution in [0.25, 0.3) is 11.0 Å². The quantitative estimate of drug-likeness (QED) is 0.624. The molecule has 0 aliphatic rings. The maximum absolute atomic E-state index is 12.1. The van der Waals surface area contributed by atoms with Crippen LogP contribution in [0.1, 0.15) is 11.1 Å². The third kappa shape index (κ3) is 3.23. The molecule has 2 aromatic carbocycles. The fourth-order valence-electron chi connectivity index (χ4n) is 2.45. The Labute approximate surface area is 143 Å². The lowest BCUT2D eigenvalue weighted by atomic mass is 10.1. The average Bonchev–Trinajstić information content (AvgIpc) is 2.98. The highest BCUT2D eigenvalue weighted by Crippen LogP contribution is 2.27. The van der Waals surface area contributed by atoms with Crippen molar-refractivity contribution in [2.45, 2.75) is 13.8 Å². The zero-order valence-electron chi connectivity index (χ0n) is 13.1. The molecule has 0 spiro atoms. The molecule has 3 rings (SSSR count). The van der Waals surface area contributed by atoms with Gasteiger partial charge < -0.3 is 15.6 Å². The van der Waals surface area contributed by atoms with Gasteiger partial charge in [-0.15, -0.1) is 0 Å². The number of hydrogen-bond acceptors (Lipinski definition) is 3. The van der Waals surface area contributed by atoms with Gasteiger partial charge in [0.25, 0.3) is 0 Å². The number of aromatic amines is 1. The second-order valence-corrected chi connectivity index (χ2v) is 5.89. The van der Waals surface area contributed by atoms with Crippen molar-refractivity contribution in [3.05, 3.63) is 52.8 Å². The lowest BCUT2D eigenvalue weighted by Crippen LogP contribution is -2.29. The van der Waals surface area contributed by atoms with Gasteiger partial charge in [-0.1, -0.05) is 17.7 Å². The summed E-state index contributed by atoms with van der Waals surface area (Å²) in [4.78, 5) is 31.2. The molecular weight excluding hydrogens is 328 g/mol. The monoisotopic (exact) mass is 342 g/mol. The van der Waals surface area contributed by atoms with Crippen molar-refractivity contribution in [2.24, 2.45) is 0 Å². The van der Waals surface area contributed by atoms with Crippen molar-refractivity contribution < 1.29 is 9.59 Å². The minimum atomic E-state index is -0.784. The summed E-state index contributed by atoms with van der Waals surface area (Å²) >= 11 is 6.14. The van der Waals surface area contributed by atoms with Gasteiger partial charge in [-0.05, 0) is 49.2 Å². The number of nitrogens with one attached hydrogen (secondary N) is 3. The number of fused-ring (bicyclic) bond motifs is 1. The molecule has 1 heterocycles.